The van der Waals surface area contributed by atoms with E-state index in [1.54, 1.807) is 0 Å². The van der Waals surface area contributed by atoms with Gasteiger partial charge in [-0.2, -0.15) is 0 Å². The van der Waals surface area contributed by atoms with Crippen LogP contribution < -0.4 is 0 Å². The average Bonchev–Trinajstić information content (AvgIpc) is 2.04. The second-order valence-corrected chi connectivity index (χ2v) is 3.56. The van der Waals surface area contributed by atoms with E-state index in [4.69, 9.17) is 5.11 Å². The molecule has 0 radical (unpaired) electrons. The molecule has 1 rings (SSSR count). The van der Waals surface area contributed by atoms with Crippen LogP contribution >= 0.6 is 0 Å². The van der Waals surface area contributed by atoms with E-state index in [1.165, 1.54) is 37.7 Å². The molecule has 0 amide bonds. The molecule has 1 saturated carbocycles. The summed E-state index contributed by atoms with van der Waals surface area (Å²) in [6.45, 7) is 4.34. The first kappa shape index (κ1) is 8.79. The summed E-state index contributed by atoms with van der Waals surface area (Å²) in [5.74, 6) is 0.868. The van der Waals surface area contributed by atoms with Crippen molar-refractivity contribution in [2.75, 3.05) is 6.61 Å². The molecule has 0 aromatic carbocycles. The summed E-state index contributed by atoms with van der Waals surface area (Å²) in [4.78, 5) is 0. The van der Waals surface area contributed by atoms with Gasteiger partial charge in [0.1, 0.15) is 0 Å². The third kappa shape index (κ3) is 3.06. The van der Waals surface area contributed by atoms with E-state index in [-0.39, 0.29) is 0 Å². The molecule has 0 spiro atoms. The quantitative estimate of drug-likeness (QED) is 0.619. The summed E-state index contributed by atoms with van der Waals surface area (Å²) in [5, 5.41) is 8.63. The van der Waals surface area contributed by atoms with E-state index >= 15 is 0 Å². The lowest BCUT2D eigenvalue weighted by atomic mass is 9.84. The van der Waals surface area contributed by atoms with Gasteiger partial charge in [0.2, 0.25) is 0 Å². The molecule has 1 fully saturated rings. The summed E-state index contributed by atoms with van der Waals surface area (Å²) in [7, 11) is 0. The van der Waals surface area contributed by atoms with Gasteiger partial charge in [-0.25, -0.2) is 0 Å². The lowest BCUT2D eigenvalue weighted by Crippen LogP contribution is -2.08. The van der Waals surface area contributed by atoms with Crippen LogP contribution in [-0.4, -0.2) is 11.7 Å². The molecule has 64 valence electrons. The fourth-order valence-electron chi connectivity index (χ4n) is 1.75. The van der Waals surface area contributed by atoms with Crippen LogP contribution in [-0.2, 0) is 0 Å². The topological polar surface area (TPSA) is 20.2 Å². The standard InChI is InChI=1S/C10H18O/c1-9-4-6-10(7-5-9)3-2-8-11/h10-11H,1-8H2. The van der Waals surface area contributed by atoms with Crippen molar-refractivity contribution in [3.63, 3.8) is 0 Å². The first-order valence-corrected chi connectivity index (χ1v) is 4.60. The Morgan fingerprint density at radius 1 is 1.36 bits per heavy atom. The second kappa shape index (κ2) is 4.55. The second-order valence-electron chi connectivity index (χ2n) is 3.56. The van der Waals surface area contributed by atoms with E-state index in [0.717, 1.165) is 12.3 Å². The maximum absolute atomic E-state index is 8.63. The van der Waals surface area contributed by atoms with Gasteiger partial charge in [-0.1, -0.05) is 12.2 Å². The zero-order valence-electron chi connectivity index (χ0n) is 7.18. The Labute approximate surface area is 69.1 Å². The molecule has 1 aliphatic carbocycles. The van der Waals surface area contributed by atoms with Crippen LogP contribution in [0.25, 0.3) is 0 Å². The Morgan fingerprint density at radius 2 is 2.00 bits per heavy atom. The molecular formula is C10H18O. The van der Waals surface area contributed by atoms with Crippen LogP contribution in [0.15, 0.2) is 12.2 Å². The predicted octanol–water partition coefficient (Wildman–Crippen LogP) is 2.51. The van der Waals surface area contributed by atoms with Gasteiger partial charge in [0, 0.05) is 6.61 Å². The highest BCUT2D eigenvalue weighted by molar-refractivity contribution is 4.98. The van der Waals surface area contributed by atoms with Gasteiger partial charge in [-0.05, 0) is 44.4 Å². The smallest absolute Gasteiger partial charge is 0.0431 e. The molecule has 0 bridgehead atoms. The van der Waals surface area contributed by atoms with Crippen molar-refractivity contribution in [3.05, 3.63) is 12.2 Å². The molecule has 1 aliphatic rings. The third-order valence-corrected chi connectivity index (χ3v) is 2.58. The zero-order chi connectivity index (χ0) is 8.10. The molecule has 0 aliphatic heterocycles. The zero-order valence-corrected chi connectivity index (χ0v) is 7.18. The van der Waals surface area contributed by atoms with E-state index in [9.17, 15) is 0 Å². The Bertz CT molecular complexity index is 119. The van der Waals surface area contributed by atoms with Crippen LogP contribution in [0.3, 0.4) is 0 Å². The Hall–Kier alpha value is -0.300. The van der Waals surface area contributed by atoms with Gasteiger partial charge in [-0.15, -0.1) is 0 Å². The Morgan fingerprint density at radius 3 is 2.55 bits per heavy atom. The molecule has 0 heterocycles. The van der Waals surface area contributed by atoms with E-state index in [1.807, 2.05) is 0 Å². The normalized spacial score (nSPS) is 20.6. The van der Waals surface area contributed by atoms with Crippen LogP contribution in [0, 0.1) is 5.92 Å². The Kier molecular flexibility index (Phi) is 3.64. The number of rotatable bonds is 3. The highest BCUT2D eigenvalue weighted by Crippen LogP contribution is 2.29. The number of hydrogen-bond acceptors (Lipinski definition) is 1. The molecule has 0 saturated heterocycles. The maximum Gasteiger partial charge on any atom is 0.0431 e. The maximum atomic E-state index is 8.63. The molecule has 0 aromatic heterocycles. The number of aliphatic hydroxyl groups is 1. The third-order valence-electron chi connectivity index (χ3n) is 2.58. The van der Waals surface area contributed by atoms with E-state index in [2.05, 4.69) is 6.58 Å². The van der Waals surface area contributed by atoms with Crippen LogP contribution in [0.5, 0.6) is 0 Å². The van der Waals surface area contributed by atoms with Gasteiger partial charge in [0.15, 0.2) is 0 Å². The van der Waals surface area contributed by atoms with Gasteiger partial charge in [0.25, 0.3) is 0 Å². The van der Waals surface area contributed by atoms with E-state index in [0.29, 0.717) is 6.61 Å². The van der Waals surface area contributed by atoms with Crippen molar-refractivity contribution >= 4 is 0 Å². The summed E-state index contributed by atoms with van der Waals surface area (Å²) < 4.78 is 0. The summed E-state index contributed by atoms with van der Waals surface area (Å²) in [5.41, 5.74) is 1.42. The minimum absolute atomic E-state index is 0.359. The largest absolute Gasteiger partial charge is 0.396 e. The molecule has 1 nitrogen and oxygen atoms in total. The molecular weight excluding hydrogens is 136 g/mol. The van der Waals surface area contributed by atoms with Crippen LogP contribution in [0.4, 0.5) is 0 Å². The fraction of sp³-hybridized carbons (Fsp3) is 0.800. The van der Waals surface area contributed by atoms with Gasteiger partial charge < -0.3 is 5.11 Å². The molecule has 0 unspecified atom stereocenters. The average molecular weight is 154 g/mol. The highest BCUT2D eigenvalue weighted by atomic mass is 16.2. The highest BCUT2D eigenvalue weighted by Gasteiger charge is 2.14. The minimum Gasteiger partial charge on any atom is -0.396 e. The van der Waals surface area contributed by atoms with Crippen molar-refractivity contribution in [2.24, 2.45) is 5.92 Å². The van der Waals surface area contributed by atoms with Crippen LogP contribution in [0.1, 0.15) is 38.5 Å². The SMILES string of the molecule is C=C1CCC(CCCO)CC1. The summed E-state index contributed by atoms with van der Waals surface area (Å²) in [6.07, 6.45) is 7.24. The van der Waals surface area contributed by atoms with E-state index < -0.39 is 0 Å². The first-order valence-electron chi connectivity index (χ1n) is 4.60. The fourth-order valence-corrected chi connectivity index (χ4v) is 1.75. The molecule has 0 aromatic rings. The van der Waals surface area contributed by atoms with Gasteiger partial charge in [-0.3, -0.25) is 0 Å². The predicted molar refractivity (Wildman–Crippen MR) is 47.4 cm³/mol. The molecule has 1 heteroatoms. The number of aliphatic hydroxyl groups excluding tert-OH is 1. The van der Waals surface area contributed by atoms with Crippen molar-refractivity contribution in [1.29, 1.82) is 0 Å². The minimum atomic E-state index is 0.359. The Balaban J connectivity index is 2.12. The van der Waals surface area contributed by atoms with Gasteiger partial charge >= 0.3 is 0 Å². The summed E-state index contributed by atoms with van der Waals surface area (Å²) >= 11 is 0. The number of hydrogen-bond donors (Lipinski definition) is 1. The molecule has 11 heavy (non-hydrogen) atoms. The van der Waals surface area contributed by atoms with Crippen molar-refractivity contribution in [2.45, 2.75) is 38.5 Å². The van der Waals surface area contributed by atoms with Crippen LogP contribution in [0.2, 0.25) is 0 Å². The molecule has 0 atom stereocenters. The lowest BCUT2D eigenvalue weighted by molar-refractivity contribution is 0.261. The van der Waals surface area contributed by atoms with Crippen molar-refractivity contribution in [3.8, 4) is 0 Å². The monoisotopic (exact) mass is 154 g/mol. The number of allylic oxidation sites excluding steroid dienone is 1. The van der Waals surface area contributed by atoms with Crippen molar-refractivity contribution in [1.82, 2.24) is 0 Å². The summed E-state index contributed by atoms with van der Waals surface area (Å²) in [6, 6.07) is 0. The molecule has 1 N–H and O–H groups in total. The first-order chi connectivity index (χ1) is 5.33. The lowest BCUT2D eigenvalue weighted by Gasteiger charge is -2.22. The van der Waals surface area contributed by atoms with Gasteiger partial charge in [0.05, 0.1) is 0 Å². The van der Waals surface area contributed by atoms with Crippen molar-refractivity contribution < 1.29 is 5.11 Å².